The Hall–Kier alpha value is -2.65. The van der Waals surface area contributed by atoms with Crippen LogP contribution in [0.3, 0.4) is 0 Å². The number of sulfonamides is 1. The molecule has 1 heterocycles. The quantitative estimate of drug-likeness (QED) is 0.690. The maximum absolute atomic E-state index is 12.1. The van der Waals surface area contributed by atoms with Gasteiger partial charge in [-0.2, -0.15) is 0 Å². The molecule has 0 radical (unpaired) electrons. The van der Waals surface area contributed by atoms with Gasteiger partial charge in [0.15, 0.2) is 5.76 Å². The zero-order chi connectivity index (χ0) is 17.0. The molecular formula is C14H15N3O5S. The van der Waals surface area contributed by atoms with Crippen molar-refractivity contribution in [2.75, 3.05) is 7.05 Å². The van der Waals surface area contributed by atoms with Crippen LogP contribution in [-0.2, 0) is 14.8 Å². The standard InChI is InChI=1S/C14H15N3O5S/c1-16-23(20,21)11-8-7-10(22-11)14(19)17-12(13(15)18)9-5-3-2-4-6-9/h2-8,12,16H,1H3,(H2,15,18)(H,17,19). The highest BCUT2D eigenvalue weighted by Crippen LogP contribution is 2.16. The summed E-state index contributed by atoms with van der Waals surface area (Å²) in [6, 6.07) is 9.70. The number of carbonyl (C=O) groups excluding carboxylic acids is 2. The molecule has 1 aromatic heterocycles. The van der Waals surface area contributed by atoms with Gasteiger partial charge in [-0.3, -0.25) is 9.59 Å². The van der Waals surface area contributed by atoms with E-state index in [1.807, 2.05) is 0 Å². The Morgan fingerprint density at radius 1 is 1.13 bits per heavy atom. The van der Waals surface area contributed by atoms with E-state index in [-0.39, 0.29) is 5.76 Å². The molecule has 1 unspecified atom stereocenters. The van der Waals surface area contributed by atoms with Crippen LogP contribution in [-0.4, -0.2) is 27.3 Å². The van der Waals surface area contributed by atoms with Crippen molar-refractivity contribution in [2.24, 2.45) is 5.73 Å². The van der Waals surface area contributed by atoms with Crippen molar-refractivity contribution in [3.05, 3.63) is 53.8 Å². The van der Waals surface area contributed by atoms with E-state index in [4.69, 9.17) is 10.2 Å². The highest BCUT2D eigenvalue weighted by molar-refractivity contribution is 7.89. The molecule has 2 amide bonds. The van der Waals surface area contributed by atoms with Gasteiger partial charge in [0.25, 0.3) is 15.9 Å². The molecule has 9 heteroatoms. The SMILES string of the molecule is CNS(=O)(=O)c1ccc(C(=O)NC(C(N)=O)c2ccccc2)o1. The van der Waals surface area contributed by atoms with Crippen molar-refractivity contribution >= 4 is 21.8 Å². The third kappa shape index (κ3) is 3.76. The second kappa shape index (κ2) is 6.63. The average molecular weight is 337 g/mol. The topological polar surface area (TPSA) is 132 Å². The fourth-order valence-corrected chi connectivity index (χ4v) is 2.50. The van der Waals surface area contributed by atoms with Crippen LogP contribution in [0.15, 0.2) is 52.0 Å². The Morgan fingerprint density at radius 3 is 2.35 bits per heavy atom. The van der Waals surface area contributed by atoms with E-state index in [9.17, 15) is 18.0 Å². The number of amides is 2. The second-order valence-electron chi connectivity index (χ2n) is 4.55. The van der Waals surface area contributed by atoms with Crippen molar-refractivity contribution in [1.82, 2.24) is 10.0 Å². The first kappa shape index (κ1) is 16.7. The molecule has 2 rings (SSSR count). The maximum atomic E-state index is 12.1. The minimum Gasteiger partial charge on any atom is -0.438 e. The number of hydrogen-bond acceptors (Lipinski definition) is 5. The van der Waals surface area contributed by atoms with Gasteiger partial charge >= 0.3 is 0 Å². The zero-order valence-electron chi connectivity index (χ0n) is 12.1. The normalized spacial score (nSPS) is 12.6. The highest BCUT2D eigenvalue weighted by Gasteiger charge is 2.24. The molecule has 0 aliphatic heterocycles. The molecule has 0 bridgehead atoms. The van der Waals surface area contributed by atoms with Crippen molar-refractivity contribution in [2.45, 2.75) is 11.1 Å². The van der Waals surface area contributed by atoms with Crippen LogP contribution in [0, 0.1) is 0 Å². The van der Waals surface area contributed by atoms with E-state index in [2.05, 4.69) is 10.0 Å². The van der Waals surface area contributed by atoms with Gasteiger partial charge in [-0.25, -0.2) is 13.1 Å². The van der Waals surface area contributed by atoms with Gasteiger partial charge in [0.2, 0.25) is 11.0 Å². The number of hydrogen-bond donors (Lipinski definition) is 3. The molecule has 0 aliphatic rings. The van der Waals surface area contributed by atoms with Crippen molar-refractivity contribution in [3.63, 3.8) is 0 Å². The lowest BCUT2D eigenvalue weighted by molar-refractivity contribution is -0.120. The Kier molecular flexibility index (Phi) is 4.82. The summed E-state index contributed by atoms with van der Waals surface area (Å²) in [5.74, 6) is -1.75. The van der Waals surface area contributed by atoms with Gasteiger partial charge in [-0.1, -0.05) is 30.3 Å². The fourth-order valence-electron chi connectivity index (χ4n) is 1.85. The van der Waals surface area contributed by atoms with Crippen LogP contribution in [0.5, 0.6) is 0 Å². The smallest absolute Gasteiger partial charge is 0.287 e. The molecule has 1 atom stereocenters. The number of benzene rings is 1. The number of carbonyl (C=O) groups is 2. The van der Waals surface area contributed by atoms with Crippen molar-refractivity contribution < 1.29 is 22.4 Å². The molecule has 8 nitrogen and oxygen atoms in total. The highest BCUT2D eigenvalue weighted by atomic mass is 32.2. The third-order valence-corrected chi connectivity index (χ3v) is 4.32. The van der Waals surface area contributed by atoms with E-state index in [1.54, 1.807) is 30.3 Å². The lowest BCUT2D eigenvalue weighted by atomic mass is 10.1. The molecule has 1 aromatic carbocycles. The Bertz CT molecular complexity index is 814. The molecule has 0 aliphatic carbocycles. The van der Waals surface area contributed by atoms with Crippen LogP contribution in [0.2, 0.25) is 0 Å². The van der Waals surface area contributed by atoms with E-state index in [0.29, 0.717) is 5.56 Å². The van der Waals surface area contributed by atoms with Crippen LogP contribution >= 0.6 is 0 Å². The Morgan fingerprint density at radius 2 is 1.78 bits per heavy atom. The molecule has 23 heavy (non-hydrogen) atoms. The lowest BCUT2D eigenvalue weighted by Crippen LogP contribution is -2.37. The predicted molar refractivity (Wildman–Crippen MR) is 80.8 cm³/mol. The summed E-state index contributed by atoms with van der Waals surface area (Å²) in [7, 11) is -2.58. The molecular weight excluding hydrogens is 322 g/mol. The first-order chi connectivity index (χ1) is 10.8. The van der Waals surface area contributed by atoms with Crippen LogP contribution < -0.4 is 15.8 Å². The fraction of sp³-hybridized carbons (Fsp3) is 0.143. The predicted octanol–water partition coefficient (Wildman–Crippen LogP) is 0.144. The molecule has 0 saturated heterocycles. The van der Waals surface area contributed by atoms with E-state index in [1.165, 1.54) is 13.1 Å². The van der Waals surface area contributed by atoms with Gasteiger partial charge in [-0.15, -0.1) is 0 Å². The number of furan rings is 1. The zero-order valence-corrected chi connectivity index (χ0v) is 13.0. The largest absolute Gasteiger partial charge is 0.438 e. The molecule has 122 valence electrons. The minimum atomic E-state index is -3.80. The van der Waals surface area contributed by atoms with Crippen molar-refractivity contribution in [1.29, 1.82) is 0 Å². The number of nitrogens with two attached hydrogens (primary N) is 1. The van der Waals surface area contributed by atoms with Gasteiger partial charge < -0.3 is 15.5 Å². The summed E-state index contributed by atoms with van der Waals surface area (Å²) in [6.45, 7) is 0. The Balaban J connectivity index is 2.22. The van der Waals surface area contributed by atoms with Crippen LogP contribution in [0.25, 0.3) is 0 Å². The molecule has 0 saturated carbocycles. The van der Waals surface area contributed by atoms with Crippen LogP contribution in [0.1, 0.15) is 22.2 Å². The summed E-state index contributed by atoms with van der Waals surface area (Å²) in [5, 5.41) is 2.01. The molecule has 4 N–H and O–H groups in total. The summed E-state index contributed by atoms with van der Waals surface area (Å²) in [6.07, 6.45) is 0. The summed E-state index contributed by atoms with van der Waals surface area (Å²) in [4.78, 5) is 23.7. The summed E-state index contributed by atoms with van der Waals surface area (Å²) in [5.41, 5.74) is 5.80. The van der Waals surface area contributed by atoms with Gasteiger partial charge in [0, 0.05) is 0 Å². The summed E-state index contributed by atoms with van der Waals surface area (Å²) < 4.78 is 30.2. The maximum Gasteiger partial charge on any atom is 0.287 e. The third-order valence-electron chi connectivity index (χ3n) is 3.03. The average Bonchev–Trinajstić information content (AvgIpc) is 3.04. The number of nitrogens with one attached hydrogen (secondary N) is 2. The van der Waals surface area contributed by atoms with Crippen molar-refractivity contribution in [3.8, 4) is 0 Å². The monoisotopic (exact) mass is 337 g/mol. The lowest BCUT2D eigenvalue weighted by Gasteiger charge is -2.14. The van der Waals surface area contributed by atoms with Gasteiger partial charge in [0.05, 0.1) is 0 Å². The molecule has 2 aromatic rings. The number of primary amides is 1. The second-order valence-corrected chi connectivity index (χ2v) is 6.36. The van der Waals surface area contributed by atoms with Gasteiger partial charge in [0.1, 0.15) is 6.04 Å². The van der Waals surface area contributed by atoms with E-state index < -0.39 is 33.0 Å². The Labute approximate surface area is 132 Å². The van der Waals surface area contributed by atoms with E-state index in [0.717, 1.165) is 6.07 Å². The first-order valence-corrected chi connectivity index (χ1v) is 8.02. The van der Waals surface area contributed by atoms with E-state index >= 15 is 0 Å². The van der Waals surface area contributed by atoms with Crippen LogP contribution in [0.4, 0.5) is 0 Å². The van der Waals surface area contributed by atoms with Gasteiger partial charge in [-0.05, 0) is 24.7 Å². The number of rotatable bonds is 6. The minimum absolute atomic E-state index is 0.249. The first-order valence-electron chi connectivity index (χ1n) is 6.53. The summed E-state index contributed by atoms with van der Waals surface area (Å²) >= 11 is 0. The molecule has 0 fully saturated rings. The molecule has 0 spiro atoms.